The van der Waals surface area contributed by atoms with Gasteiger partial charge in [0.05, 0.1) is 0 Å². The molecule has 1 aliphatic heterocycles. The maximum Gasteiger partial charge on any atom is 0.254 e. The van der Waals surface area contributed by atoms with E-state index in [2.05, 4.69) is 6.92 Å². The number of rotatable bonds is 5. The van der Waals surface area contributed by atoms with E-state index in [9.17, 15) is 9.59 Å². The maximum atomic E-state index is 12.4. The smallest absolute Gasteiger partial charge is 0.254 e. The molecule has 0 unspecified atom stereocenters. The Morgan fingerprint density at radius 3 is 2.50 bits per heavy atom. The number of nitrogens with zero attached hydrogens (tertiary/aromatic N) is 1. The van der Waals surface area contributed by atoms with Crippen LogP contribution in [-0.4, -0.2) is 29.7 Å². The third-order valence-corrected chi connectivity index (χ3v) is 3.93. The molecular formula is C17H23NO2. The summed E-state index contributed by atoms with van der Waals surface area (Å²) in [6.07, 6.45) is 4.73. The van der Waals surface area contributed by atoms with Crippen LogP contribution in [0.1, 0.15) is 65.3 Å². The lowest BCUT2D eigenvalue weighted by atomic mass is 9.99. The van der Waals surface area contributed by atoms with E-state index in [4.69, 9.17) is 0 Å². The third-order valence-electron chi connectivity index (χ3n) is 3.93. The lowest BCUT2D eigenvalue weighted by Gasteiger charge is -2.17. The predicted octanol–water partition coefficient (Wildman–Crippen LogP) is 3.60. The van der Waals surface area contributed by atoms with Crippen LogP contribution in [0.25, 0.3) is 0 Å². The zero-order valence-corrected chi connectivity index (χ0v) is 12.4. The van der Waals surface area contributed by atoms with Gasteiger partial charge in [-0.3, -0.25) is 9.59 Å². The Morgan fingerprint density at radius 1 is 1.20 bits per heavy atom. The van der Waals surface area contributed by atoms with Gasteiger partial charge in [0.1, 0.15) is 0 Å². The van der Waals surface area contributed by atoms with Crippen LogP contribution >= 0.6 is 0 Å². The minimum absolute atomic E-state index is 0.104. The summed E-state index contributed by atoms with van der Waals surface area (Å²) in [5.41, 5.74) is 2.37. The second-order valence-corrected chi connectivity index (χ2v) is 5.56. The van der Waals surface area contributed by atoms with E-state index in [0.717, 1.165) is 55.5 Å². The SMILES string of the molecule is CCCCC(=O)c1ccc(C(=O)N2CCCC2)c(C)c1. The van der Waals surface area contributed by atoms with Gasteiger partial charge in [-0.1, -0.05) is 19.4 Å². The summed E-state index contributed by atoms with van der Waals surface area (Å²) in [4.78, 5) is 26.3. The van der Waals surface area contributed by atoms with Crippen molar-refractivity contribution in [2.24, 2.45) is 0 Å². The molecule has 0 atom stereocenters. The number of carbonyl (C=O) groups is 2. The van der Waals surface area contributed by atoms with Crippen molar-refractivity contribution in [2.45, 2.75) is 46.0 Å². The van der Waals surface area contributed by atoms with Gasteiger partial charge >= 0.3 is 0 Å². The van der Waals surface area contributed by atoms with Crippen LogP contribution in [0, 0.1) is 6.92 Å². The molecule has 3 heteroatoms. The molecule has 0 radical (unpaired) electrons. The van der Waals surface area contributed by atoms with Crippen LogP contribution in [0.3, 0.4) is 0 Å². The molecule has 0 bridgehead atoms. The van der Waals surface area contributed by atoms with Crippen molar-refractivity contribution in [3.63, 3.8) is 0 Å². The van der Waals surface area contributed by atoms with Crippen LogP contribution in [0.15, 0.2) is 18.2 Å². The average molecular weight is 273 g/mol. The number of ketones is 1. The molecule has 0 aliphatic carbocycles. The standard InChI is InChI=1S/C17H23NO2/c1-3-4-7-16(19)14-8-9-15(13(2)12-14)17(20)18-10-5-6-11-18/h8-9,12H,3-7,10-11H2,1-2H3. The van der Waals surface area contributed by atoms with Crippen molar-refractivity contribution < 1.29 is 9.59 Å². The fraction of sp³-hybridized carbons (Fsp3) is 0.529. The van der Waals surface area contributed by atoms with Crippen molar-refractivity contribution in [3.05, 3.63) is 34.9 Å². The highest BCUT2D eigenvalue weighted by Crippen LogP contribution is 2.18. The Morgan fingerprint density at radius 2 is 1.90 bits per heavy atom. The van der Waals surface area contributed by atoms with Gasteiger partial charge in [0.25, 0.3) is 5.91 Å². The lowest BCUT2D eigenvalue weighted by molar-refractivity contribution is 0.0791. The minimum Gasteiger partial charge on any atom is -0.339 e. The average Bonchev–Trinajstić information content (AvgIpc) is 2.98. The van der Waals surface area contributed by atoms with E-state index in [1.54, 1.807) is 6.07 Å². The van der Waals surface area contributed by atoms with E-state index < -0.39 is 0 Å². The van der Waals surface area contributed by atoms with Crippen molar-refractivity contribution >= 4 is 11.7 Å². The first-order valence-electron chi connectivity index (χ1n) is 7.56. The fourth-order valence-corrected chi connectivity index (χ4v) is 2.65. The molecule has 20 heavy (non-hydrogen) atoms. The van der Waals surface area contributed by atoms with Gasteiger partial charge < -0.3 is 4.90 Å². The van der Waals surface area contributed by atoms with Gasteiger partial charge in [0.2, 0.25) is 0 Å². The number of amides is 1. The van der Waals surface area contributed by atoms with Crippen molar-refractivity contribution in [2.75, 3.05) is 13.1 Å². The first-order valence-corrected chi connectivity index (χ1v) is 7.56. The molecule has 3 nitrogen and oxygen atoms in total. The number of hydrogen-bond donors (Lipinski definition) is 0. The molecule has 1 fully saturated rings. The number of unbranched alkanes of at least 4 members (excludes halogenated alkanes) is 1. The number of benzene rings is 1. The molecule has 1 aromatic rings. The highest BCUT2D eigenvalue weighted by molar-refractivity contribution is 5.99. The van der Waals surface area contributed by atoms with E-state index in [0.29, 0.717) is 6.42 Å². The Labute approximate surface area is 121 Å². The number of hydrogen-bond acceptors (Lipinski definition) is 2. The normalized spacial score (nSPS) is 14.6. The summed E-state index contributed by atoms with van der Waals surface area (Å²) in [5, 5.41) is 0. The molecule has 1 aliphatic rings. The molecule has 1 heterocycles. The van der Waals surface area contributed by atoms with Crippen LogP contribution in [0.2, 0.25) is 0 Å². The molecule has 0 saturated carbocycles. The highest BCUT2D eigenvalue weighted by Gasteiger charge is 2.21. The van der Waals surface area contributed by atoms with Crippen molar-refractivity contribution in [3.8, 4) is 0 Å². The second kappa shape index (κ2) is 6.69. The highest BCUT2D eigenvalue weighted by atomic mass is 16.2. The lowest BCUT2D eigenvalue weighted by Crippen LogP contribution is -2.28. The van der Waals surface area contributed by atoms with Gasteiger partial charge in [-0.05, 0) is 43.9 Å². The Bertz CT molecular complexity index is 502. The topological polar surface area (TPSA) is 37.4 Å². The second-order valence-electron chi connectivity index (χ2n) is 5.56. The molecule has 1 saturated heterocycles. The molecule has 0 aromatic heterocycles. The minimum atomic E-state index is 0.104. The van der Waals surface area contributed by atoms with E-state index >= 15 is 0 Å². The van der Waals surface area contributed by atoms with Crippen molar-refractivity contribution in [1.82, 2.24) is 4.90 Å². The first-order chi connectivity index (χ1) is 9.63. The van der Waals surface area contributed by atoms with Gasteiger partial charge in [0, 0.05) is 30.6 Å². The van der Waals surface area contributed by atoms with Crippen LogP contribution < -0.4 is 0 Å². The summed E-state index contributed by atoms with van der Waals surface area (Å²) < 4.78 is 0. The number of likely N-dealkylation sites (tertiary alicyclic amines) is 1. The van der Waals surface area contributed by atoms with Gasteiger partial charge in [-0.15, -0.1) is 0 Å². The summed E-state index contributed by atoms with van der Waals surface area (Å²) in [6, 6.07) is 5.48. The van der Waals surface area contributed by atoms with E-state index in [1.807, 2.05) is 24.0 Å². The largest absolute Gasteiger partial charge is 0.339 e. The summed E-state index contributed by atoms with van der Waals surface area (Å²) in [7, 11) is 0. The van der Waals surface area contributed by atoms with Crippen molar-refractivity contribution in [1.29, 1.82) is 0 Å². The number of aryl methyl sites for hydroxylation is 1. The van der Waals surface area contributed by atoms with E-state index in [1.165, 1.54) is 0 Å². The molecule has 1 aromatic carbocycles. The Hall–Kier alpha value is -1.64. The fourth-order valence-electron chi connectivity index (χ4n) is 2.65. The Kier molecular flexibility index (Phi) is 4.94. The third kappa shape index (κ3) is 3.27. The van der Waals surface area contributed by atoms with Gasteiger partial charge in [0.15, 0.2) is 5.78 Å². The van der Waals surface area contributed by atoms with Gasteiger partial charge in [-0.2, -0.15) is 0 Å². The first kappa shape index (κ1) is 14.8. The molecule has 0 N–H and O–H groups in total. The molecule has 1 amide bonds. The molecule has 0 spiro atoms. The summed E-state index contributed by atoms with van der Waals surface area (Å²) in [5.74, 6) is 0.280. The quantitative estimate of drug-likeness (QED) is 0.769. The molecular weight excluding hydrogens is 250 g/mol. The zero-order chi connectivity index (χ0) is 14.5. The van der Waals surface area contributed by atoms with E-state index in [-0.39, 0.29) is 11.7 Å². The summed E-state index contributed by atoms with van der Waals surface area (Å²) >= 11 is 0. The summed E-state index contributed by atoms with van der Waals surface area (Å²) in [6.45, 7) is 5.71. The van der Waals surface area contributed by atoms with Gasteiger partial charge in [-0.25, -0.2) is 0 Å². The van der Waals surface area contributed by atoms with Crippen LogP contribution in [-0.2, 0) is 0 Å². The predicted molar refractivity (Wildman–Crippen MR) is 80.2 cm³/mol. The molecule has 108 valence electrons. The Balaban J connectivity index is 2.13. The molecule has 2 rings (SSSR count). The number of carbonyl (C=O) groups excluding carboxylic acids is 2. The van der Waals surface area contributed by atoms with Crippen LogP contribution in [0.4, 0.5) is 0 Å². The van der Waals surface area contributed by atoms with Crippen LogP contribution in [0.5, 0.6) is 0 Å². The maximum absolute atomic E-state index is 12.4. The zero-order valence-electron chi connectivity index (χ0n) is 12.4. The number of Topliss-reactive ketones (excluding diaryl/α,β-unsaturated/α-hetero) is 1. The monoisotopic (exact) mass is 273 g/mol.